The first-order chi connectivity index (χ1) is 9.88. The fourth-order valence-electron chi connectivity index (χ4n) is 1.68. The molecule has 110 valence electrons. The monoisotopic (exact) mass is 289 g/mol. The van der Waals surface area contributed by atoms with Crippen LogP contribution in [0.2, 0.25) is 0 Å². The minimum absolute atomic E-state index is 0.104. The Hall–Kier alpha value is -2.77. The van der Waals surface area contributed by atoms with Crippen molar-refractivity contribution in [2.45, 2.75) is 25.8 Å². The predicted octanol–water partition coefficient (Wildman–Crippen LogP) is 0.184. The molecular weight excluding hydrogens is 274 g/mol. The number of aliphatic carboxylic acids is 1. The molecule has 1 aromatic carbocycles. The predicted molar refractivity (Wildman–Crippen MR) is 72.7 cm³/mol. The molecule has 8 nitrogen and oxygen atoms in total. The van der Waals surface area contributed by atoms with Gasteiger partial charge < -0.3 is 10.4 Å². The normalized spacial score (nSPS) is 11.1. The third kappa shape index (κ3) is 3.62. The van der Waals surface area contributed by atoms with Crippen molar-refractivity contribution >= 4 is 11.9 Å². The molecule has 0 unspecified atom stereocenters. The highest BCUT2D eigenvalue weighted by Gasteiger charge is 2.28. The average Bonchev–Trinajstić information content (AvgIpc) is 2.92. The first-order valence-corrected chi connectivity index (χ1v) is 6.25. The summed E-state index contributed by atoms with van der Waals surface area (Å²) >= 11 is 0. The summed E-state index contributed by atoms with van der Waals surface area (Å²) in [6, 6.07) is 7.09. The summed E-state index contributed by atoms with van der Waals surface area (Å²) in [5, 5.41) is 22.3. The van der Waals surface area contributed by atoms with E-state index in [0.29, 0.717) is 0 Å². The second kappa shape index (κ2) is 5.70. The first-order valence-electron chi connectivity index (χ1n) is 6.25. The summed E-state index contributed by atoms with van der Waals surface area (Å²) in [6.07, 6.45) is 1.57. The highest BCUT2D eigenvalue weighted by Crippen LogP contribution is 2.09. The van der Waals surface area contributed by atoms with Gasteiger partial charge in [-0.1, -0.05) is 12.1 Å². The van der Waals surface area contributed by atoms with E-state index in [1.165, 1.54) is 24.9 Å². The number of carboxylic acid groups (broad SMARTS) is 1. The SMILES string of the molecule is CC(C)(NC(=O)Cc1ccc(-n2cnnn2)cc1)C(=O)O. The Labute approximate surface area is 120 Å². The van der Waals surface area contributed by atoms with Crippen LogP contribution in [0, 0.1) is 0 Å². The van der Waals surface area contributed by atoms with Gasteiger partial charge in [0.15, 0.2) is 0 Å². The molecule has 0 aliphatic carbocycles. The van der Waals surface area contributed by atoms with E-state index in [2.05, 4.69) is 20.8 Å². The number of carbonyl (C=O) groups excluding carboxylic acids is 1. The van der Waals surface area contributed by atoms with Crippen molar-refractivity contribution in [3.63, 3.8) is 0 Å². The number of amides is 1. The number of carboxylic acids is 1. The van der Waals surface area contributed by atoms with Gasteiger partial charge in [-0.3, -0.25) is 4.79 Å². The van der Waals surface area contributed by atoms with E-state index in [1.54, 1.807) is 24.3 Å². The number of tetrazole rings is 1. The molecule has 0 fully saturated rings. The Balaban J connectivity index is 2.01. The fourth-order valence-corrected chi connectivity index (χ4v) is 1.68. The minimum atomic E-state index is -1.29. The van der Waals surface area contributed by atoms with E-state index in [4.69, 9.17) is 5.11 Å². The number of hydrogen-bond donors (Lipinski definition) is 2. The number of aromatic nitrogens is 4. The third-order valence-electron chi connectivity index (χ3n) is 2.90. The molecule has 2 aromatic rings. The number of carbonyl (C=O) groups is 2. The maximum Gasteiger partial charge on any atom is 0.328 e. The smallest absolute Gasteiger partial charge is 0.328 e. The number of nitrogens with one attached hydrogen (secondary N) is 1. The Morgan fingerprint density at radius 1 is 1.29 bits per heavy atom. The summed E-state index contributed by atoms with van der Waals surface area (Å²) in [4.78, 5) is 22.8. The zero-order chi connectivity index (χ0) is 15.5. The van der Waals surface area contributed by atoms with Crippen molar-refractivity contribution in [1.82, 2.24) is 25.5 Å². The van der Waals surface area contributed by atoms with Crippen molar-refractivity contribution in [1.29, 1.82) is 0 Å². The van der Waals surface area contributed by atoms with Crippen molar-refractivity contribution in [2.24, 2.45) is 0 Å². The topological polar surface area (TPSA) is 110 Å². The fraction of sp³-hybridized carbons (Fsp3) is 0.308. The zero-order valence-corrected chi connectivity index (χ0v) is 11.6. The van der Waals surface area contributed by atoms with Crippen LogP contribution in [-0.4, -0.2) is 42.7 Å². The van der Waals surface area contributed by atoms with Gasteiger partial charge in [0.1, 0.15) is 11.9 Å². The van der Waals surface area contributed by atoms with Gasteiger partial charge in [0.2, 0.25) is 5.91 Å². The van der Waals surface area contributed by atoms with Crippen molar-refractivity contribution in [2.75, 3.05) is 0 Å². The lowest BCUT2D eigenvalue weighted by atomic mass is 10.0. The molecule has 0 aliphatic heterocycles. The lowest BCUT2D eigenvalue weighted by molar-refractivity contribution is -0.145. The summed E-state index contributed by atoms with van der Waals surface area (Å²) in [6.45, 7) is 2.88. The second-order valence-electron chi connectivity index (χ2n) is 5.08. The van der Waals surface area contributed by atoms with Crippen LogP contribution in [0.1, 0.15) is 19.4 Å². The second-order valence-corrected chi connectivity index (χ2v) is 5.08. The largest absolute Gasteiger partial charge is 0.480 e. The van der Waals surface area contributed by atoms with Gasteiger partial charge in [-0.05, 0) is 42.0 Å². The molecule has 0 radical (unpaired) electrons. The van der Waals surface area contributed by atoms with E-state index in [1.807, 2.05) is 0 Å². The Morgan fingerprint density at radius 2 is 1.95 bits per heavy atom. The molecule has 0 saturated heterocycles. The van der Waals surface area contributed by atoms with E-state index in [-0.39, 0.29) is 12.3 Å². The van der Waals surface area contributed by atoms with Gasteiger partial charge in [-0.25, -0.2) is 9.48 Å². The third-order valence-corrected chi connectivity index (χ3v) is 2.90. The summed E-state index contributed by atoms with van der Waals surface area (Å²) in [5.41, 5.74) is 0.254. The molecule has 0 bridgehead atoms. The Kier molecular flexibility index (Phi) is 3.97. The minimum Gasteiger partial charge on any atom is -0.480 e. The van der Waals surface area contributed by atoms with Crippen LogP contribution in [0.5, 0.6) is 0 Å². The molecule has 1 amide bonds. The van der Waals surface area contributed by atoms with E-state index < -0.39 is 11.5 Å². The highest BCUT2D eigenvalue weighted by molar-refractivity contribution is 5.87. The van der Waals surface area contributed by atoms with Crippen molar-refractivity contribution < 1.29 is 14.7 Å². The summed E-state index contributed by atoms with van der Waals surface area (Å²) in [7, 11) is 0. The van der Waals surface area contributed by atoms with Gasteiger partial charge >= 0.3 is 5.97 Å². The molecule has 0 aliphatic rings. The van der Waals surface area contributed by atoms with E-state index in [9.17, 15) is 9.59 Å². The summed E-state index contributed by atoms with van der Waals surface area (Å²) < 4.78 is 1.50. The average molecular weight is 289 g/mol. The molecule has 21 heavy (non-hydrogen) atoms. The number of nitrogens with zero attached hydrogens (tertiary/aromatic N) is 4. The number of hydrogen-bond acceptors (Lipinski definition) is 5. The molecule has 1 aromatic heterocycles. The zero-order valence-electron chi connectivity index (χ0n) is 11.6. The first kappa shape index (κ1) is 14.6. The number of benzene rings is 1. The lowest BCUT2D eigenvalue weighted by Crippen LogP contribution is -2.50. The molecule has 0 spiro atoms. The van der Waals surface area contributed by atoms with E-state index >= 15 is 0 Å². The Morgan fingerprint density at radius 3 is 2.48 bits per heavy atom. The molecule has 0 saturated carbocycles. The van der Waals surface area contributed by atoms with Crippen LogP contribution in [0.4, 0.5) is 0 Å². The van der Waals surface area contributed by atoms with Crippen molar-refractivity contribution in [3.05, 3.63) is 36.2 Å². The molecule has 2 N–H and O–H groups in total. The Bertz CT molecular complexity index is 634. The van der Waals surface area contributed by atoms with Crippen LogP contribution >= 0.6 is 0 Å². The standard InChI is InChI=1S/C13H15N5O3/c1-13(2,12(20)21)15-11(19)7-9-3-5-10(6-4-9)18-8-14-16-17-18/h3-6,8H,7H2,1-2H3,(H,15,19)(H,20,21). The molecule has 8 heteroatoms. The maximum absolute atomic E-state index is 11.8. The number of rotatable bonds is 5. The maximum atomic E-state index is 11.8. The van der Waals surface area contributed by atoms with Gasteiger partial charge in [-0.15, -0.1) is 5.10 Å². The molecular formula is C13H15N5O3. The summed E-state index contributed by atoms with van der Waals surface area (Å²) in [5.74, 6) is -1.43. The van der Waals surface area contributed by atoms with Crippen LogP contribution in [0.15, 0.2) is 30.6 Å². The van der Waals surface area contributed by atoms with Crippen LogP contribution in [0.25, 0.3) is 5.69 Å². The van der Waals surface area contributed by atoms with Gasteiger partial charge in [0, 0.05) is 0 Å². The van der Waals surface area contributed by atoms with Gasteiger partial charge in [-0.2, -0.15) is 0 Å². The quantitative estimate of drug-likeness (QED) is 0.812. The van der Waals surface area contributed by atoms with Crippen LogP contribution in [0.3, 0.4) is 0 Å². The lowest BCUT2D eigenvalue weighted by Gasteiger charge is -2.20. The molecule has 0 atom stereocenters. The highest BCUT2D eigenvalue weighted by atomic mass is 16.4. The molecule has 2 rings (SSSR count). The van der Waals surface area contributed by atoms with Gasteiger partial charge in [0.25, 0.3) is 0 Å². The van der Waals surface area contributed by atoms with Gasteiger partial charge in [0.05, 0.1) is 12.1 Å². The van der Waals surface area contributed by atoms with Crippen LogP contribution < -0.4 is 5.32 Å². The molecule has 1 heterocycles. The van der Waals surface area contributed by atoms with Crippen LogP contribution in [-0.2, 0) is 16.0 Å². The van der Waals surface area contributed by atoms with E-state index in [0.717, 1.165) is 11.3 Å². The van der Waals surface area contributed by atoms with Crippen molar-refractivity contribution in [3.8, 4) is 5.69 Å².